The Hall–Kier alpha value is -1.44. The van der Waals surface area contributed by atoms with Gasteiger partial charge in [-0.2, -0.15) is 0 Å². The van der Waals surface area contributed by atoms with E-state index >= 15 is 0 Å². The van der Waals surface area contributed by atoms with Crippen molar-refractivity contribution in [3.63, 3.8) is 0 Å². The minimum absolute atomic E-state index is 1.28. The second kappa shape index (κ2) is 3.55. The molecule has 0 aromatic heterocycles. The molecule has 16 heavy (non-hydrogen) atoms. The van der Waals surface area contributed by atoms with Crippen LogP contribution in [0.5, 0.6) is 0 Å². The number of fused-ring (bicyclic) bond motifs is 1. The van der Waals surface area contributed by atoms with Gasteiger partial charge < -0.3 is 9.80 Å². The first kappa shape index (κ1) is 9.76. The Kier molecular flexibility index (Phi) is 2.16. The van der Waals surface area contributed by atoms with Crippen LogP contribution in [-0.4, -0.2) is 14.1 Å². The summed E-state index contributed by atoms with van der Waals surface area (Å²) in [4.78, 5) is 4.69. The fourth-order valence-electron chi connectivity index (χ4n) is 2.98. The maximum atomic E-state index is 2.34. The molecule has 84 valence electrons. The number of benzene rings is 1. The van der Waals surface area contributed by atoms with Gasteiger partial charge in [0, 0.05) is 14.1 Å². The van der Waals surface area contributed by atoms with Crippen molar-refractivity contribution in [3.8, 4) is 0 Å². The number of hydrogen-bond acceptors (Lipinski definition) is 2. The van der Waals surface area contributed by atoms with Crippen molar-refractivity contribution in [2.75, 3.05) is 23.9 Å². The molecular weight excluding hydrogens is 196 g/mol. The van der Waals surface area contributed by atoms with Crippen molar-refractivity contribution in [1.82, 2.24) is 0 Å². The predicted molar refractivity (Wildman–Crippen MR) is 68.7 cm³/mol. The number of rotatable bonds is 0. The number of hydrogen-bond donors (Lipinski definition) is 0. The van der Waals surface area contributed by atoms with Crippen LogP contribution in [0.15, 0.2) is 35.7 Å². The van der Waals surface area contributed by atoms with Gasteiger partial charge in [-0.15, -0.1) is 0 Å². The summed E-state index contributed by atoms with van der Waals surface area (Å²) >= 11 is 0. The maximum absolute atomic E-state index is 2.34. The molecule has 1 fully saturated rings. The van der Waals surface area contributed by atoms with E-state index in [0.29, 0.717) is 0 Å². The molecule has 1 heterocycles. The second-order valence-electron chi connectivity index (χ2n) is 4.74. The fraction of sp³-hybridized carbons (Fsp3) is 0.429. The number of anilines is 2. The van der Waals surface area contributed by atoms with Crippen LogP contribution in [0, 0.1) is 0 Å². The van der Waals surface area contributed by atoms with Crippen LogP contribution in [0.25, 0.3) is 0 Å². The molecule has 2 heteroatoms. The van der Waals surface area contributed by atoms with Gasteiger partial charge in [0.1, 0.15) is 5.82 Å². The lowest BCUT2D eigenvalue weighted by atomic mass is 10.2. The third-order valence-corrected chi connectivity index (χ3v) is 3.76. The van der Waals surface area contributed by atoms with Crippen molar-refractivity contribution in [1.29, 1.82) is 0 Å². The molecule has 1 saturated carbocycles. The van der Waals surface area contributed by atoms with E-state index in [4.69, 9.17) is 0 Å². The van der Waals surface area contributed by atoms with Gasteiger partial charge >= 0.3 is 0 Å². The Morgan fingerprint density at radius 3 is 1.88 bits per heavy atom. The van der Waals surface area contributed by atoms with Gasteiger partial charge in [0.15, 0.2) is 0 Å². The van der Waals surface area contributed by atoms with Crippen LogP contribution in [0.4, 0.5) is 11.4 Å². The average molecular weight is 214 g/mol. The molecule has 1 aromatic carbocycles. The van der Waals surface area contributed by atoms with E-state index in [2.05, 4.69) is 48.2 Å². The summed E-state index contributed by atoms with van der Waals surface area (Å²) in [6.07, 6.45) is 5.27. The number of para-hydroxylation sites is 2. The van der Waals surface area contributed by atoms with E-state index in [-0.39, 0.29) is 0 Å². The molecule has 1 aliphatic carbocycles. The third-order valence-electron chi connectivity index (χ3n) is 3.76. The van der Waals surface area contributed by atoms with Crippen LogP contribution in [0.2, 0.25) is 0 Å². The minimum Gasteiger partial charge on any atom is -0.329 e. The summed E-state index contributed by atoms with van der Waals surface area (Å²) in [5, 5.41) is 0. The van der Waals surface area contributed by atoms with Crippen molar-refractivity contribution in [2.24, 2.45) is 0 Å². The van der Waals surface area contributed by atoms with Gasteiger partial charge in [-0.05, 0) is 43.4 Å². The first-order valence-corrected chi connectivity index (χ1v) is 6.07. The summed E-state index contributed by atoms with van der Waals surface area (Å²) < 4.78 is 0. The van der Waals surface area contributed by atoms with Gasteiger partial charge in [-0.1, -0.05) is 12.1 Å². The van der Waals surface area contributed by atoms with E-state index < -0.39 is 0 Å². The fourth-order valence-corrected chi connectivity index (χ4v) is 2.98. The quantitative estimate of drug-likeness (QED) is 0.653. The molecule has 1 aliphatic heterocycles. The Morgan fingerprint density at radius 2 is 1.38 bits per heavy atom. The van der Waals surface area contributed by atoms with Crippen molar-refractivity contribution < 1.29 is 0 Å². The van der Waals surface area contributed by atoms with Crippen LogP contribution in [0.1, 0.15) is 25.7 Å². The highest BCUT2D eigenvalue weighted by molar-refractivity contribution is 5.82. The molecule has 1 aromatic rings. The van der Waals surface area contributed by atoms with Gasteiger partial charge in [0.05, 0.1) is 11.4 Å². The molecule has 0 unspecified atom stereocenters. The van der Waals surface area contributed by atoms with Crippen LogP contribution < -0.4 is 9.80 Å². The first-order valence-electron chi connectivity index (χ1n) is 6.07. The highest BCUT2D eigenvalue weighted by Crippen LogP contribution is 2.42. The van der Waals surface area contributed by atoms with Gasteiger partial charge in [-0.3, -0.25) is 0 Å². The molecule has 0 saturated heterocycles. The zero-order valence-corrected chi connectivity index (χ0v) is 10.0. The SMILES string of the molecule is CN1C(=C2CCCC2)N(C)c2ccccc21. The molecule has 0 spiro atoms. The second-order valence-corrected chi connectivity index (χ2v) is 4.74. The van der Waals surface area contributed by atoms with E-state index in [1.165, 1.54) is 42.9 Å². The summed E-state index contributed by atoms with van der Waals surface area (Å²) in [5.74, 6) is 1.42. The van der Waals surface area contributed by atoms with Gasteiger partial charge in [0.25, 0.3) is 0 Å². The topological polar surface area (TPSA) is 6.48 Å². The lowest BCUT2D eigenvalue weighted by Crippen LogP contribution is -2.23. The highest BCUT2D eigenvalue weighted by atomic mass is 15.4. The summed E-state index contributed by atoms with van der Waals surface area (Å²) in [7, 11) is 4.37. The summed E-state index contributed by atoms with van der Waals surface area (Å²) in [5.41, 5.74) is 4.29. The summed E-state index contributed by atoms with van der Waals surface area (Å²) in [6.45, 7) is 0. The largest absolute Gasteiger partial charge is 0.329 e. The third kappa shape index (κ3) is 1.26. The predicted octanol–water partition coefficient (Wildman–Crippen LogP) is 3.36. The number of nitrogens with zero attached hydrogens (tertiary/aromatic N) is 2. The van der Waals surface area contributed by atoms with E-state index in [0.717, 1.165) is 0 Å². The molecule has 0 atom stereocenters. The Morgan fingerprint density at radius 1 is 0.875 bits per heavy atom. The standard InChI is InChI=1S/C14H18N2/c1-15-12-9-5-6-10-13(12)16(2)14(15)11-7-3-4-8-11/h5-6,9-10H,3-4,7-8H2,1-2H3. The van der Waals surface area contributed by atoms with Gasteiger partial charge in [0.2, 0.25) is 0 Å². The first-order chi connectivity index (χ1) is 7.79. The van der Waals surface area contributed by atoms with Crippen LogP contribution >= 0.6 is 0 Å². The number of allylic oxidation sites excluding steroid dienone is 1. The molecule has 0 radical (unpaired) electrons. The zero-order valence-electron chi connectivity index (χ0n) is 10.0. The lowest BCUT2D eigenvalue weighted by Gasteiger charge is -2.21. The maximum Gasteiger partial charge on any atom is 0.112 e. The van der Waals surface area contributed by atoms with Crippen molar-refractivity contribution in [2.45, 2.75) is 25.7 Å². The molecule has 0 N–H and O–H groups in total. The Labute approximate surface area is 97.2 Å². The Bertz CT molecular complexity index is 409. The van der Waals surface area contributed by atoms with Crippen LogP contribution in [0.3, 0.4) is 0 Å². The molecule has 3 rings (SSSR count). The summed E-state index contributed by atoms with van der Waals surface area (Å²) in [6, 6.07) is 8.64. The van der Waals surface area contributed by atoms with Crippen molar-refractivity contribution in [3.05, 3.63) is 35.7 Å². The lowest BCUT2D eigenvalue weighted by molar-refractivity contribution is 0.886. The van der Waals surface area contributed by atoms with Crippen LogP contribution in [-0.2, 0) is 0 Å². The highest BCUT2D eigenvalue weighted by Gasteiger charge is 2.28. The molecule has 0 amide bonds. The molecule has 2 aliphatic rings. The van der Waals surface area contributed by atoms with E-state index in [1.54, 1.807) is 5.57 Å². The average Bonchev–Trinajstić information content (AvgIpc) is 2.89. The normalized spacial score (nSPS) is 19.6. The monoisotopic (exact) mass is 214 g/mol. The minimum atomic E-state index is 1.28. The van der Waals surface area contributed by atoms with Gasteiger partial charge in [-0.25, -0.2) is 0 Å². The van der Waals surface area contributed by atoms with E-state index in [1.807, 2.05) is 0 Å². The molecular formula is C14H18N2. The van der Waals surface area contributed by atoms with E-state index in [9.17, 15) is 0 Å². The van der Waals surface area contributed by atoms with Crippen molar-refractivity contribution >= 4 is 11.4 Å². The smallest absolute Gasteiger partial charge is 0.112 e. The molecule has 2 nitrogen and oxygen atoms in total. The zero-order chi connectivity index (χ0) is 11.1. The Balaban J connectivity index is 2.10. The molecule has 0 bridgehead atoms.